The van der Waals surface area contributed by atoms with Crippen LogP contribution in [-0.4, -0.2) is 37.0 Å². The Bertz CT molecular complexity index is 272. The number of aliphatic carboxylic acids is 1. The van der Waals surface area contributed by atoms with Crippen LogP contribution in [0, 0.1) is 0 Å². The summed E-state index contributed by atoms with van der Waals surface area (Å²) in [5.41, 5.74) is -0.159. The van der Waals surface area contributed by atoms with Gasteiger partial charge in [-0.25, -0.2) is 4.79 Å². The van der Waals surface area contributed by atoms with E-state index in [0.29, 0.717) is 6.29 Å². The van der Waals surface area contributed by atoms with E-state index in [1.807, 2.05) is 0 Å². The van der Waals surface area contributed by atoms with Crippen molar-refractivity contribution in [2.75, 3.05) is 13.7 Å². The third-order valence-corrected chi connectivity index (χ3v) is 1.27. The summed E-state index contributed by atoms with van der Waals surface area (Å²) in [6.45, 7) is 0.00776. The van der Waals surface area contributed by atoms with Crippen molar-refractivity contribution in [3.8, 4) is 0 Å². The molecule has 7 nitrogen and oxygen atoms in total. The Hall–Kier alpha value is -1.89. The Morgan fingerprint density at radius 1 is 1.47 bits per heavy atom. The number of hydrogen-bond donors (Lipinski definition) is 2. The number of hydrogen-bond acceptors (Lipinski definition) is 6. The number of carboxylic acids is 1. The Morgan fingerprint density at radius 3 is 2.60 bits per heavy atom. The van der Waals surface area contributed by atoms with Crippen molar-refractivity contribution in [3.05, 3.63) is 11.8 Å². The number of rotatable bonds is 7. The van der Waals surface area contributed by atoms with E-state index in [-0.39, 0.29) is 18.7 Å². The molecule has 2 N–H and O–H groups in total. The summed E-state index contributed by atoms with van der Waals surface area (Å²) in [7, 11) is 1.13. The van der Waals surface area contributed by atoms with Crippen molar-refractivity contribution in [2.45, 2.75) is 6.42 Å². The monoisotopic (exact) mass is 217 g/mol. The zero-order chi connectivity index (χ0) is 11.7. The molecule has 0 heterocycles. The van der Waals surface area contributed by atoms with Gasteiger partial charge in [-0.1, -0.05) is 0 Å². The molecule has 0 saturated heterocycles. The zero-order valence-corrected chi connectivity index (χ0v) is 8.06. The van der Waals surface area contributed by atoms with E-state index in [0.717, 1.165) is 13.2 Å². The molecule has 0 aliphatic rings. The number of nitrogens with one attached hydrogen (secondary N) is 1. The molecule has 0 aliphatic carbocycles. The van der Waals surface area contributed by atoms with Gasteiger partial charge in [0.2, 0.25) is 0 Å². The highest BCUT2D eigenvalue weighted by atomic mass is 17.2. The normalized spacial score (nSPS) is 10.6. The molecule has 0 rings (SSSR count). The summed E-state index contributed by atoms with van der Waals surface area (Å²) in [4.78, 5) is 39.6. The van der Waals surface area contributed by atoms with E-state index in [9.17, 15) is 14.4 Å². The fourth-order valence-corrected chi connectivity index (χ4v) is 0.692. The van der Waals surface area contributed by atoms with Crippen LogP contribution in [0.4, 0.5) is 0 Å². The van der Waals surface area contributed by atoms with Crippen LogP contribution >= 0.6 is 0 Å². The highest BCUT2D eigenvalue weighted by Gasteiger charge is 2.11. The average molecular weight is 217 g/mol. The van der Waals surface area contributed by atoms with Crippen LogP contribution in [0.1, 0.15) is 6.42 Å². The molecule has 0 bridgehead atoms. The van der Waals surface area contributed by atoms with Crippen molar-refractivity contribution >= 4 is 18.2 Å². The summed E-state index contributed by atoms with van der Waals surface area (Å²) in [5, 5.41) is 10.8. The molecule has 84 valence electrons. The zero-order valence-electron chi connectivity index (χ0n) is 8.06. The van der Waals surface area contributed by atoms with E-state index in [1.54, 1.807) is 0 Å². The fraction of sp³-hybridized carbons (Fsp3) is 0.375. The van der Waals surface area contributed by atoms with E-state index in [4.69, 9.17) is 5.11 Å². The largest absolute Gasteiger partial charge is 0.481 e. The van der Waals surface area contributed by atoms with Gasteiger partial charge in [0.15, 0.2) is 0 Å². The predicted molar refractivity (Wildman–Crippen MR) is 47.5 cm³/mol. The van der Waals surface area contributed by atoms with Gasteiger partial charge in [-0.2, -0.15) is 4.89 Å². The first-order chi connectivity index (χ1) is 7.11. The number of carbonyl (C=O) groups is 3. The minimum atomic E-state index is -1.02. The van der Waals surface area contributed by atoms with Crippen molar-refractivity contribution < 1.29 is 29.3 Å². The first-order valence-electron chi connectivity index (χ1n) is 3.98. The Morgan fingerprint density at radius 2 is 2.13 bits per heavy atom. The van der Waals surface area contributed by atoms with Gasteiger partial charge in [-0.3, -0.25) is 14.5 Å². The number of carbonyl (C=O) groups excluding carboxylic acids is 2. The standard InChI is InChI=1S/C8H11NO6/c1-14-15-8(13)6(3-5-10)9-4-2-7(11)12/h3,5,9H,2,4H2,1H3,(H,11,12)/b6-3+. The van der Waals surface area contributed by atoms with Gasteiger partial charge in [0.1, 0.15) is 12.0 Å². The topological polar surface area (TPSA) is 102 Å². The summed E-state index contributed by atoms with van der Waals surface area (Å²) in [6.07, 6.45) is 1.11. The molecule has 0 aromatic carbocycles. The quantitative estimate of drug-likeness (QED) is 0.250. The van der Waals surface area contributed by atoms with Crippen molar-refractivity contribution in [1.29, 1.82) is 0 Å². The molecule has 0 aliphatic heterocycles. The molecule has 0 saturated carbocycles. The van der Waals surface area contributed by atoms with E-state index >= 15 is 0 Å². The highest BCUT2D eigenvalue weighted by Crippen LogP contribution is 1.93. The molecule has 15 heavy (non-hydrogen) atoms. The number of carboxylic acid groups (broad SMARTS) is 1. The molecule has 7 heteroatoms. The Balaban J connectivity index is 4.17. The summed E-state index contributed by atoms with van der Waals surface area (Å²) < 4.78 is 0. The van der Waals surface area contributed by atoms with Crippen molar-refractivity contribution in [3.63, 3.8) is 0 Å². The van der Waals surface area contributed by atoms with Crippen LogP contribution in [0.2, 0.25) is 0 Å². The van der Waals surface area contributed by atoms with Gasteiger partial charge in [-0.15, -0.1) is 0 Å². The second kappa shape index (κ2) is 7.51. The first kappa shape index (κ1) is 13.1. The van der Waals surface area contributed by atoms with Gasteiger partial charge in [-0.05, 0) is 0 Å². The lowest BCUT2D eigenvalue weighted by Crippen LogP contribution is -2.24. The molecular formula is C8H11NO6. The van der Waals surface area contributed by atoms with Gasteiger partial charge >= 0.3 is 11.9 Å². The molecule has 0 aromatic rings. The Kier molecular flexibility index (Phi) is 6.56. The SMILES string of the molecule is COOC(=O)/C(=C\C=O)NCCC(=O)O. The lowest BCUT2D eigenvalue weighted by Gasteiger charge is -2.06. The van der Waals surface area contributed by atoms with Crippen LogP contribution < -0.4 is 5.32 Å². The van der Waals surface area contributed by atoms with Gasteiger partial charge in [0, 0.05) is 12.6 Å². The van der Waals surface area contributed by atoms with E-state index in [1.165, 1.54) is 0 Å². The second-order valence-electron chi connectivity index (χ2n) is 2.32. The Labute approximate surface area is 85.6 Å². The summed E-state index contributed by atoms with van der Waals surface area (Å²) in [6, 6.07) is 0. The predicted octanol–water partition coefficient (Wildman–Crippen LogP) is -0.762. The molecular weight excluding hydrogens is 206 g/mol. The third-order valence-electron chi connectivity index (χ3n) is 1.27. The van der Waals surface area contributed by atoms with Crippen LogP contribution in [0.5, 0.6) is 0 Å². The van der Waals surface area contributed by atoms with Gasteiger partial charge < -0.3 is 10.4 Å². The molecule has 0 radical (unpaired) electrons. The second-order valence-corrected chi connectivity index (χ2v) is 2.32. The molecule has 0 aromatic heterocycles. The maximum absolute atomic E-state index is 11.0. The maximum Gasteiger partial charge on any atom is 0.388 e. The molecule has 0 amide bonds. The van der Waals surface area contributed by atoms with Crippen molar-refractivity contribution in [1.82, 2.24) is 5.32 Å². The molecule has 0 spiro atoms. The number of aldehydes is 1. The average Bonchev–Trinajstić information content (AvgIpc) is 2.16. The van der Waals surface area contributed by atoms with Gasteiger partial charge in [0.25, 0.3) is 0 Å². The first-order valence-corrected chi connectivity index (χ1v) is 3.98. The lowest BCUT2D eigenvalue weighted by molar-refractivity contribution is -0.251. The highest BCUT2D eigenvalue weighted by molar-refractivity contribution is 5.91. The number of allylic oxidation sites excluding steroid dienone is 1. The lowest BCUT2D eigenvalue weighted by atomic mass is 10.3. The van der Waals surface area contributed by atoms with Crippen LogP contribution in [-0.2, 0) is 24.2 Å². The van der Waals surface area contributed by atoms with Crippen molar-refractivity contribution in [2.24, 2.45) is 0 Å². The van der Waals surface area contributed by atoms with Crippen LogP contribution in [0.25, 0.3) is 0 Å². The van der Waals surface area contributed by atoms with Crippen LogP contribution in [0.15, 0.2) is 11.8 Å². The molecule has 0 unspecified atom stereocenters. The molecule has 0 atom stereocenters. The van der Waals surface area contributed by atoms with E-state index in [2.05, 4.69) is 15.1 Å². The third kappa shape index (κ3) is 6.22. The van der Waals surface area contributed by atoms with Crippen LogP contribution in [0.3, 0.4) is 0 Å². The van der Waals surface area contributed by atoms with Gasteiger partial charge in [0.05, 0.1) is 13.5 Å². The minimum Gasteiger partial charge on any atom is -0.481 e. The molecule has 0 fully saturated rings. The fourth-order valence-electron chi connectivity index (χ4n) is 0.692. The smallest absolute Gasteiger partial charge is 0.388 e. The minimum absolute atomic E-state index is 0.00776. The summed E-state index contributed by atoms with van der Waals surface area (Å²) >= 11 is 0. The maximum atomic E-state index is 11.0. The van der Waals surface area contributed by atoms with E-state index < -0.39 is 11.9 Å². The summed E-state index contributed by atoms with van der Waals surface area (Å²) in [5.74, 6) is -1.91.